The molecule has 1 saturated carbocycles. The molecule has 34 heavy (non-hydrogen) atoms. The topological polar surface area (TPSA) is 109 Å². The van der Waals surface area contributed by atoms with Crippen molar-refractivity contribution < 1.29 is 18.3 Å². The van der Waals surface area contributed by atoms with E-state index in [2.05, 4.69) is 10.6 Å². The molecule has 2 N–H and O–H groups in total. The van der Waals surface area contributed by atoms with Crippen LogP contribution in [0, 0.1) is 22.6 Å². The number of carbonyl (C=O) groups is 1. The van der Waals surface area contributed by atoms with Crippen molar-refractivity contribution in [2.75, 3.05) is 19.7 Å². The van der Waals surface area contributed by atoms with Crippen LogP contribution >= 0.6 is 0 Å². The summed E-state index contributed by atoms with van der Waals surface area (Å²) in [6.07, 6.45) is 1.56. The fourth-order valence-corrected chi connectivity index (χ4v) is 4.33. The Balaban J connectivity index is 1.27. The van der Waals surface area contributed by atoms with E-state index < -0.39 is 23.7 Å². The molecule has 2 fully saturated rings. The summed E-state index contributed by atoms with van der Waals surface area (Å²) in [6, 6.07) is 11.1. The number of aromatic nitrogens is 1. The van der Waals surface area contributed by atoms with Crippen LogP contribution in [0.3, 0.4) is 0 Å². The highest BCUT2D eigenvalue weighted by molar-refractivity contribution is 5.82. The van der Waals surface area contributed by atoms with Crippen molar-refractivity contribution in [2.24, 2.45) is 12.5 Å². The molecule has 1 amide bonds. The minimum Gasteiger partial charge on any atom is -0.408 e. The smallest absolute Gasteiger partial charge is 0.408 e. The van der Waals surface area contributed by atoms with Crippen LogP contribution in [0.25, 0.3) is 22.2 Å². The summed E-state index contributed by atoms with van der Waals surface area (Å²) in [6.45, 7) is 1.76. The molecule has 1 spiro atoms. The SMILES string of the molecule is Cn1c(=O)oc2ccc(-c3ccc(C[C@@H](C#N)NC(=O)[C@@H]4CNCC5(CC5)CO4)c(F)c3)cc21. The molecular weight excluding hydrogens is 439 g/mol. The first kappa shape index (κ1) is 22.3. The number of amides is 1. The molecule has 1 aliphatic heterocycles. The number of nitriles is 1. The minimum atomic E-state index is -0.883. The van der Waals surface area contributed by atoms with Gasteiger partial charge < -0.3 is 19.8 Å². The lowest BCUT2D eigenvalue weighted by molar-refractivity contribution is -0.133. The van der Waals surface area contributed by atoms with E-state index in [9.17, 15) is 19.2 Å². The van der Waals surface area contributed by atoms with Crippen molar-refractivity contribution in [3.05, 3.63) is 58.3 Å². The van der Waals surface area contributed by atoms with Crippen LogP contribution < -0.4 is 16.4 Å². The number of carbonyl (C=O) groups excluding carboxylic acids is 1. The quantitative estimate of drug-likeness (QED) is 0.600. The lowest BCUT2D eigenvalue weighted by atomic mass is 10.00. The highest BCUT2D eigenvalue weighted by atomic mass is 19.1. The summed E-state index contributed by atoms with van der Waals surface area (Å²) in [5.74, 6) is -1.31. The first-order valence-corrected chi connectivity index (χ1v) is 11.3. The third-order valence-electron chi connectivity index (χ3n) is 6.74. The molecule has 1 saturated heterocycles. The van der Waals surface area contributed by atoms with Gasteiger partial charge in [-0.05, 0) is 47.7 Å². The van der Waals surface area contributed by atoms with Crippen LogP contribution in [0.15, 0.2) is 45.6 Å². The van der Waals surface area contributed by atoms with Crippen molar-refractivity contribution in [3.8, 4) is 17.2 Å². The third kappa shape index (κ3) is 4.34. The number of nitrogens with zero attached hydrogens (tertiary/aromatic N) is 2. The lowest BCUT2D eigenvalue weighted by Gasteiger charge is -2.18. The van der Waals surface area contributed by atoms with Crippen LogP contribution in [0.1, 0.15) is 18.4 Å². The maximum Gasteiger partial charge on any atom is 0.419 e. The number of ether oxygens (including phenoxy) is 1. The molecule has 2 heterocycles. The zero-order valence-electron chi connectivity index (χ0n) is 18.8. The summed E-state index contributed by atoms with van der Waals surface area (Å²) in [4.78, 5) is 24.4. The second-order valence-electron chi connectivity index (χ2n) is 9.24. The fourth-order valence-electron chi connectivity index (χ4n) is 4.33. The second-order valence-corrected chi connectivity index (χ2v) is 9.24. The standard InChI is InChI=1S/C25H25FN4O4/c1-30-20-10-16(4-5-21(20)34-24(30)32)15-2-3-17(19(26)9-15)8-18(11-27)29-23(31)22-12-28-13-25(6-7-25)14-33-22/h2-5,9-10,18,22,28H,6-8,12-14H2,1H3,(H,29,31)/t18-,22-/m0/s1. The number of oxazole rings is 1. The van der Waals surface area contributed by atoms with E-state index in [1.165, 1.54) is 10.6 Å². The molecule has 5 rings (SSSR count). The van der Waals surface area contributed by atoms with Crippen molar-refractivity contribution in [1.82, 2.24) is 15.2 Å². The van der Waals surface area contributed by atoms with Gasteiger partial charge in [-0.3, -0.25) is 9.36 Å². The van der Waals surface area contributed by atoms with Crippen molar-refractivity contribution >= 4 is 17.0 Å². The monoisotopic (exact) mass is 464 g/mol. The van der Waals surface area contributed by atoms with Crippen LogP contribution in [0.2, 0.25) is 0 Å². The molecule has 8 nitrogen and oxygen atoms in total. The van der Waals surface area contributed by atoms with E-state index in [1.807, 2.05) is 6.07 Å². The molecule has 2 atom stereocenters. The van der Waals surface area contributed by atoms with E-state index in [-0.39, 0.29) is 17.7 Å². The summed E-state index contributed by atoms with van der Waals surface area (Å²) in [5, 5.41) is 15.5. The second kappa shape index (κ2) is 8.70. The molecule has 2 aliphatic rings. The average molecular weight is 464 g/mol. The first-order valence-electron chi connectivity index (χ1n) is 11.3. The lowest BCUT2D eigenvalue weighted by Crippen LogP contribution is -2.46. The van der Waals surface area contributed by atoms with E-state index in [0.717, 1.165) is 24.9 Å². The zero-order chi connectivity index (χ0) is 23.9. The summed E-state index contributed by atoms with van der Waals surface area (Å²) < 4.78 is 27.2. The van der Waals surface area contributed by atoms with Gasteiger partial charge in [0, 0.05) is 32.0 Å². The van der Waals surface area contributed by atoms with Gasteiger partial charge in [-0.25, -0.2) is 9.18 Å². The maximum atomic E-state index is 14.9. The normalized spacial score (nSPS) is 20.0. The van der Waals surface area contributed by atoms with Crippen molar-refractivity contribution in [3.63, 3.8) is 0 Å². The van der Waals surface area contributed by atoms with Gasteiger partial charge in [-0.2, -0.15) is 5.26 Å². The van der Waals surface area contributed by atoms with Gasteiger partial charge in [0.15, 0.2) is 5.58 Å². The van der Waals surface area contributed by atoms with Crippen LogP contribution in [0.5, 0.6) is 0 Å². The number of hydrogen-bond donors (Lipinski definition) is 2. The van der Waals surface area contributed by atoms with Gasteiger partial charge in [0.1, 0.15) is 18.0 Å². The molecular formula is C25H25FN4O4. The minimum absolute atomic E-state index is 0.0354. The van der Waals surface area contributed by atoms with Gasteiger partial charge in [0.2, 0.25) is 0 Å². The summed E-state index contributed by atoms with van der Waals surface area (Å²) >= 11 is 0. The Morgan fingerprint density at radius 3 is 2.82 bits per heavy atom. The molecule has 9 heteroatoms. The van der Waals surface area contributed by atoms with E-state index in [4.69, 9.17) is 9.15 Å². The molecule has 1 aliphatic carbocycles. The number of benzene rings is 2. The van der Waals surface area contributed by atoms with Gasteiger partial charge in [0.25, 0.3) is 5.91 Å². The molecule has 2 aromatic carbocycles. The highest BCUT2D eigenvalue weighted by Gasteiger charge is 2.45. The van der Waals surface area contributed by atoms with Crippen LogP contribution in [-0.4, -0.2) is 42.3 Å². The average Bonchev–Trinajstić information content (AvgIpc) is 3.59. The molecule has 0 radical (unpaired) electrons. The number of aryl methyl sites for hydroxylation is 1. The van der Waals surface area contributed by atoms with E-state index in [0.29, 0.717) is 35.4 Å². The fraction of sp³-hybridized carbons (Fsp3) is 0.400. The molecule has 0 bridgehead atoms. The van der Waals surface area contributed by atoms with E-state index >= 15 is 0 Å². The predicted molar refractivity (Wildman–Crippen MR) is 122 cm³/mol. The highest BCUT2D eigenvalue weighted by Crippen LogP contribution is 2.46. The summed E-state index contributed by atoms with van der Waals surface area (Å²) in [5.41, 5.74) is 2.91. The first-order chi connectivity index (χ1) is 16.4. The van der Waals surface area contributed by atoms with Gasteiger partial charge in [-0.15, -0.1) is 0 Å². The summed E-state index contributed by atoms with van der Waals surface area (Å²) in [7, 11) is 1.61. The number of fused-ring (bicyclic) bond motifs is 1. The number of nitrogens with one attached hydrogen (secondary N) is 2. The zero-order valence-corrected chi connectivity index (χ0v) is 18.8. The largest absolute Gasteiger partial charge is 0.419 e. The Morgan fingerprint density at radius 1 is 1.32 bits per heavy atom. The molecule has 3 aromatic rings. The molecule has 1 aromatic heterocycles. The van der Waals surface area contributed by atoms with Crippen LogP contribution in [-0.2, 0) is 23.0 Å². The maximum absolute atomic E-state index is 14.9. The Morgan fingerprint density at radius 2 is 2.09 bits per heavy atom. The van der Waals surface area contributed by atoms with E-state index in [1.54, 1.807) is 37.4 Å². The van der Waals surface area contributed by atoms with Crippen LogP contribution in [0.4, 0.5) is 4.39 Å². The number of hydrogen-bond acceptors (Lipinski definition) is 6. The van der Waals surface area contributed by atoms with Gasteiger partial charge >= 0.3 is 5.76 Å². The number of rotatable bonds is 5. The van der Waals surface area contributed by atoms with Crippen molar-refractivity contribution in [2.45, 2.75) is 31.4 Å². The Bertz CT molecular complexity index is 1350. The van der Waals surface area contributed by atoms with Crippen molar-refractivity contribution in [1.29, 1.82) is 5.26 Å². The van der Waals surface area contributed by atoms with Gasteiger partial charge in [0.05, 0.1) is 18.2 Å². The van der Waals surface area contributed by atoms with Gasteiger partial charge in [-0.1, -0.05) is 18.2 Å². The third-order valence-corrected chi connectivity index (χ3v) is 6.74. The Labute approximate surface area is 195 Å². The Kier molecular flexibility index (Phi) is 5.71. The molecule has 176 valence electrons. The molecule has 0 unspecified atom stereocenters. The predicted octanol–water partition coefficient (Wildman–Crippen LogP) is 2.26. The Hall–Kier alpha value is -3.48. The number of halogens is 1.